The van der Waals surface area contributed by atoms with Crippen molar-refractivity contribution in [2.75, 3.05) is 0 Å². The van der Waals surface area contributed by atoms with Gasteiger partial charge < -0.3 is 4.98 Å². The van der Waals surface area contributed by atoms with Gasteiger partial charge in [0.1, 0.15) is 28.6 Å². The standard InChI is InChI=1S/C35H21Cl3N8/c36-15-18-13-14-25-27(26(18)16-37)33-42-29-20-8-2-4-10-22(20)31(40-29)45-35-24-12-6-5-11-23(24)34(46(35)17-38)44-30-21-9-3-1-7-19(21)28(39-30)41-32(25)43-33/h1-14H,15-17H2,(H,39,40,41,42,43,44,45). The van der Waals surface area contributed by atoms with E-state index < -0.39 is 0 Å². The van der Waals surface area contributed by atoms with Crippen LogP contribution in [0.4, 0.5) is 0 Å². The Morgan fingerprint density at radius 2 is 1.00 bits per heavy atom. The first kappa shape index (κ1) is 27.4. The van der Waals surface area contributed by atoms with E-state index in [0.29, 0.717) is 51.8 Å². The predicted octanol–water partition coefficient (Wildman–Crippen LogP) is 9.02. The third kappa shape index (κ3) is 4.00. The zero-order valence-corrected chi connectivity index (χ0v) is 26.2. The minimum atomic E-state index is 0.122. The van der Waals surface area contributed by atoms with Gasteiger partial charge >= 0.3 is 0 Å². The summed E-state index contributed by atoms with van der Waals surface area (Å²) in [6.07, 6.45) is 0. The molecule has 2 aliphatic rings. The lowest BCUT2D eigenvalue weighted by Gasteiger charge is -2.05. The minimum absolute atomic E-state index is 0.122. The molecule has 0 unspecified atom stereocenters. The number of nitrogens with one attached hydrogen (secondary N) is 1. The van der Waals surface area contributed by atoms with E-state index in [2.05, 4.69) is 4.98 Å². The molecule has 2 aliphatic heterocycles. The maximum atomic E-state index is 6.66. The van der Waals surface area contributed by atoms with E-state index in [0.717, 1.165) is 54.9 Å². The number of benzene rings is 4. The molecular formula is C35H21Cl3N8. The number of hydrogen-bond donors (Lipinski definition) is 1. The Kier molecular flexibility index (Phi) is 6.31. The number of halogens is 3. The summed E-state index contributed by atoms with van der Waals surface area (Å²) in [5.74, 6) is 2.67. The first-order valence-electron chi connectivity index (χ1n) is 14.6. The summed E-state index contributed by atoms with van der Waals surface area (Å²) in [7, 11) is 0. The summed E-state index contributed by atoms with van der Waals surface area (Å²) < 4.78 is 1.89. The van der Waals surface area contributed by atoms with Crippen LogP contribution in [0.5, 0.6) is 0 Å². The molecule has 8 bridgehead atoms. The largest absolute Gasteiger partial charge is 0.324 e. The lowest BCUT2D eigenvalue weighted by Crippen LogP contribution is -1.96. The van der Waals surface area contributed by atoms with Gasteiger partial charge in [0.05, 0.1) is 0 Å². The maximum Gasteiger partial charge on any atom is 0.164 e. The van der Waals surface area contributed by atoms with Gasteiger partial charge in [-0.15, -0.1) is 34.8 Å². The second-order valence-corrected chi connectivity index (χ2v) is 11.8. The number of aromatic nitrogens is 8. The van der Waals surface area contributed by atoms with Crippen LogP contribution < -0.4 is 0 Å². The van der Waals surface area contributed by atoms with Crippen molar-refractivity contribution < 1.29 is 0 Å². The van der Waals surface area contributed by atoms with Crippen LogP contribution in [0.25, 0.3) is 89.7 Å². The molecular weight excluding hydrogens is 639 g/mol. The SMILES string of the molecule is ClCc1ccc2c3nc4nc(nc5c6ccccc6c(nc6nc(nc([nH]3)c2c1CCl)-c1ccccc1-6)n5CCl)-c1ccccc1-4. The lowest BCUT2D eigenvalue weighted by molar-refractivity contribution is 0.934. The Morgan fingerprint density at radius 3 is 1.50 bits per heavy atom. The van der Waals surface area contributed by atoms with Gasteiger partial charge in [-0.3, -0.25) is 4.57 Å². The highest BCUT2D eigenvalue weighted by molar-refractivity contribution is 6.21. The predicted molar refractivity (Wildman–Crippen MR) is 185 cm³/mol. The van der Waals surface area contributed by atoms with Crippen LogP contribution in [-0.4, -0.2) is 39.5 Å². The van der Waals surface area contributed by atoms with E-state index in [4.69, 9.17) is 64.7 Å². The van der Waals surface area contributed by atoms with Crippen molar-refractivity contribution in [3.8, 4) is 45.6 Å². The van der Waals surface area contributed by atoms with E-state index in [-0.39, 0.29) is 11.9 Å². The molecule has 5 heterocycles. The molecule has 0 radical (unpaired) electrons. The highest BCUT2D eigenvalue weighted by Crippen LogP contribution is 2.38. The zero-order chi connectivity index (χ0) is 30.9. The third-order valence-corrected chi connectivity index (χ3v) is 9.35. The number of hydrogen-bond acceptors (Lipinski definition) is 6. The van der Waals surface area contributed by atoms with Crippen LogP contribution in [-0.2, 0) is 17.8 Å². The van der Waals surface area contributed by atoms with E-state index in [1.54, 1.807) is 0 Å². The second-order valence-electron chi connectivity index (χ2n) is 11.0. The summed E-state index contributed by atoms with van der Waals surface area (Å²) in [5.41, 5.74) is 7.76. The molecule has 46 heavy (non-hydrogen) atoms. The first-order valence-corrected chi connectivity index (χ1v) is 16.2. The topological polar surface area (TPSA) is 98.1 Å². The number of alkyl halides is 3. The second kappa shape index (κ2) is 10.6. The molecule has 0 saturated carbocycles. The van der Waals surface area contributed by atoms with Gasteiger partial charge in [-0.2, -0.15) is 0 Å². The van der Waals surface area contributed by atoms with Crippen LogP contribution in [0, 0.1) is 0 Å². The highest BCUT2D eigenvalue weighted by atomic mass is 35.5. The molecule has 0 fully saturated rings. The molecule has 0 saturated heterocycles. The average Bonchev–Trinajstić information content (AvgIpc) is 3.82. The van der Waals surface area contributed by atoms with Gasteiger partial charge in [0.25, 0.3) is 0 Å². The molecule has 0 spiro atoms. The Morgan fingerprint density at radius 1 is 0.500 bits per heavy atom. The van der Waals surface area contributed by atoms with Gasteiger partial charge in [0.15, 0.2) is 23.3 Å². The summed E-state index contributed by atoms with van der Waals surface area (Å²) in [5, 5.41) is 3.50. The number of H-pyrrole nitrogens is 1. The van der Waals surface area contributed by atoms with E-state index in [1.165, 1.54) is 0 Å². The monoisotopic (exact) mass is 658 g/mol. The Bertz CT molecular complexity index is 2570. The molecule has 3 aromatic heterocycles. The quantitative estimate of drug-likeness (QED) is 0.190. The van der Waals surface area contributed by atoms with Crippen LogP contribution >= 0.6 is 34.8 Å². The molecule has 4 aromatic carbocycles. The van der Waals surface area contributed by atoms with Crippen molar-refractivity contribution in [1.82, 2.24) is 39.5 Å². The summed E-state index contributed by atoms with van der Waals surface area (Å²) in [6.45, 7) is 0. The van der Waals surface area contributed by atoms with Crippen molar-refractivity contribution in [3.05, 3.63) is 96.1 Å². The highest BCUT2D eigenvalue weighted by Gasteiger charge is 2.23. The van der Waals surface area contributed by atoms with Crippen molar-refractivity contribution in [1.29, 1.82) is 0 Å². The molecule has 7 aromatic rings. The number of rotatable bonds is 3. The van der Waals surface area contributed by atoms with Gasteiger partial charge in [-0.05, 0) is 11.1 Å². The molecule has 222 valence electrons. The minimum Gasteiger partial charge on any atom is -0.324 e. The fraction of sp³-hybridized carbons (Fsp3) is 0.0857. The van der Waals surface area contributed by atoms with Crippen LogP contribution in [0.15, 0.2) is 84.9 Å². The van der Waals surface area contributed by atoms with Crippen molar-refractivity contribution >= 4 is 78.9 Å². The Hall–Kier alpha value is -4.89. The van der Waals surface area contributed by atoms with Crippen molar-refractivity contribution in [3.63, 3.8) is 0 Å². The molecule has 8 nitrogen and oxygen atoms in total. The number of nitrogens with zero attached hydrogens (tertiary/aromatic N) is 7. The summed E-state index contributed by atoms with van der Waals surface area (Å²) >= 11 is 19.6. The average molecular weight is 660 g/mol. The Labute approximate surface area is 276 Å². The van der Waals surface area contributed by atoms with Gasteiger partial charge in [0, 0.05) is 55.6 Å². The number of aromatic amines is 1. The van der Waals surface area contributed by atoms with Crippen LogP contribution in [0.2, 0.25) is 0 Å². The number of fused-ring (bicyclic) bond motifs is 20. The Balaban J connectivity index is 1.54. The molecule has 0 aliphatic carbocycles. The molecule has 11 heteroatoms. The smallest absolute Gasteiger partial charge is 0.164 e. The summed E-state index contributed by atoms with van der Waals surface area (Å²) in [4.78, 5) is 33.9. The molecule has 0 amide bonds. The van der Waals surface area contributed by atoms with Crippen molar-refractivity contribution in [2.24, 2.45) is 0 Å². The van der Waals surface area contributed by atoms with Gasteiger partial charge in [-0.1, -0.05) is 84.9 Å². The fourth-order valence-electron chi connectivity index (χ4n) is 6.41. The zero-order valence-electron chi connectivity index (χ0n) is 24.0. The molecule has 9 rings (SSSR count). The van der Waals surface area contributed by atoms with E-state index in [9.17, 15) is 0 Å². The maximum absolute atomic E-state index is 6.66. The van der Waals surface area contributed by atoms with E-state index >= 15 is 0 Å². The molecule has 1 N–H and O–H groups in total. The van der Waals surface area contributed by atoms with Gasteiger partial charge in [0.2, 0.25) is 0 Å². The summed E-state index contributed by atoms with van der Waals surface area (Å²) in [6, 6.07) is 28.0. The van der Waals surface area contributed by atoms with Crippen LogP contribution in [0.3, 0.4) is 0 Å². The fourth-order valence-corrected chi connectivity index (χ4v) is 7.19. The lowest BCUT2D eigenvalue weighted by atomic mass is 10.0. The van der Waals surface area contributed by atoms with Gasteiger partial charge in [-0.25, -0.2) is 29.9 Å². The third-order valence-electron chi connectivity index (χ3n) is 8.56. The van der Waals surface area contributed by atoms with Crippen LogP contribution in [0.1, 0.15) is 11.1 Å². The van der Waals surface area contributed by atoms with E-state index in [1.807, 2.05) is 89.5 Å². The molecule has 0 atom stereocenters. The van der Waals surface area contributed by atoms with Crippen molar-refractivity contribution in [2.45, 2.75) is 17.8 Å². The normalized spacial score (nSPS) is 12.1. The first-order chi connectivity index (χ1) is 22.7.